The summed E-state index contributed by atoms with van der Waals surface area (Å²) in [6.45, 7) is 2.89. The van der Waals surface area contributed by atoms with E-state index in [1.165, 1.54) is 0 Å². The first-order chi connectivity index (χ1) is 9.27. The van der Waals surface area contributed by atoms with Crippen molar-refractivity contribution < 1.29 is 5.21 Å². The molecule has 0 aromatic heterocycles. The van der Waals surface area contributed by atoms with Crippen LogP contribution in [0.3, 0.4) is 0 Å². The Bertz CT molecular complexity index is 442. The lowest BCUT2D eigenvalue weighted by Crippen LogP contribution is -2.41. The molecular formula is C17H22NO+. The van der Waals surface area contributed by atoms with Gasteiger partial charge < -0.3 is 0 Å². The molecule has 0 saturated carbocycles. The summed E-state index contributed by atoms with van der Waals surface area (Å²) < 4.78 is -0.109. The normalized spacial score (nSPS) is 11.5. The highest BCUT2D eigenvalue weighted by Crippen LogP contribution is 2.32. The van der Waals surface area contributed by atoms with Gasteiger partial charge in [-0.25, -0.2) is 5.21 Å². The maximum Gasteiger partial charge on any atom is 0.170 e. The van der Waals surface area contributed by atoms with Crippen LogP contribution >= 0.6 is 0 Å². The number of benzene rings is 2. The number of para-hydroxylation sites is 2. The summed E-state index contributed by atoms with van der Waals surface area (Å²) in [6, 6.07) is 19.8. The fourth-order valence-electron chi connectivity index (χ4n) is 2.35. The van der Waals surface area contributed by atoms with Gasteiger partial charge in [0.15, 0.2) is 11.4 Å². The number of quaternary nitrogens is 1. The van der Waals surface area contributed by atoms with Crippen LogP contribution < -0.4 is 4.65 Å². The van der Waals surface area contributed by atoms with Crippen molar-refractivity contribution in [3.05, 3.63) is 60.7 Å². The molecule has 2 nitrogen and oxygen atoms in total. The predicted molar refractivity (Wildman–Crippen MR) is 80.5 cm³/mol. The quantitative estimate of drug-likeness (QED) is 0.442. The molecule has 19 heavy (non-hydrogen) atoms. The summed E-state index contributed by atoms with van der Waals surface area (Å²) in [4.78, 5) is 0. The van der Waals surface area contributed by atoms with Crippen LogP contribution in [0.4, 0.5) is 11.4 Å². The van der Waals surface area contributed by atoms with Crippen molar-refractivity contribution in [2.45, 2.75) is 26.2 Å². The van der Waals surface area contributed by atoms with Crippen LogP contribution in [0, 0.1) is 0 Å². The highest BCUT2D eigenvalue weighted by atomic mass is 16.5. The van der Waals surface area contributed by atoms with E-state index in [0.717, 1.165) is 30.6 Å². The number of hydrogen-bond acceptors (Lipinski definition) is 1. The maximum absolute atomic E-state index is 11.1. The van der Waals surface area contributed by atoms with Crippen molar-refractivity contribution in [3.8, 4) is 0 Å². The van der Waals surface area contributed by atoms with Gasteiger partial charge >= 0.3 is 0 Å². The van der Waals surface area contributed by atoms with Crippen molar-refractivity contribution in [1.82, 2.24) is 4.65 Å². The third-order valence-electron chi connectivity index (χ3n) is 3.45. The lowest BCUT2D eigenvalue weighted by atomic mass is 10.2. The van der Waals surface area contributed by atoms with E-state index in [4.69, 9.17) is 0 Å². The molecular weight excluding hydrogens is 234 g/mol. The minimum absolute atomic E-state index is 0.109. The lowest BCUT2D eigenvalue weighted by molar-refractivity contribution is -0.0245. The first kappa shape index (κ1) is 13.8. The van der Waals surface area contributed by atoms with Crippen LogP contribution in [0.5, 0.6) is 0 Å². The Morgan fingerprint density at radius 1 is 0.789 bits per heavy atom. The second kappa shape index (κ2) is 6.50. The topological polar surface area (TPSA) is 20.2 Å². The first-order valence-corrected chi connectivity index (χ1v) is 6.99. The van der Waals surface area contributed by atoms with E-state index < -0.39 is 0 Å². The van der Waals surface area contributed by atoms with E-state index in [9.17, 15) is 5.21 Å². The molecule has 0 unspecified atom stereocenters. The summed E-state index contributed by atoms with van der Waals surface area (Å²) >= 11 is 0. The maximum atomic E-state index is 11.1. The van der Waals surface area contributed by atoms with Crippen molar-refractivity contribution in [1.29, 1.82) is 0 Å². The lowest BCUT2D eigenvalue weighted by Gasteiger charge is -2.29. The Balaban J connectivity index is 2.33. The highest BCUT2D eigenvalue weighted by Gasteiger charge is 2.31. The second-order valence-corrected chi connectivity index (χ2v) is 4.87. The number of unbranched alkanes of at least 4 members (excludes halogenated alkanes) is 2. The van der Waals surface area contributed by atoms with Crippen molar-refractivity contribution >= 4 is 11.4 Å². The zero-order valence-corrected chi connectivity index (χ0v) is 11.5. The van der Waals surface area contributed by atoms with Crippen molar-refractivity contribution in [2.24, 2.45) is 0 Å². The number of nitrogens with zero attached hydrogens (tertiary/aromatic N) is 1. The molecule has 1 N–H and O–H groups in total. The summed E-state index contributed by atoms with van der Waals surface area (Å²) in [5, 5.41) is 11.1. The van der Waals surface area contributed by atoms with E-state index in [1.54, 1.807) is 0 Å². The third-order valence-corrected chi connectivity index (χ3v) is 3.45. The Kier molecular flexibility index (Phi) is 4.72. The molecule has 0 saturated heterocycles. The molecule has 0 bridgehead atoms. The first-order valence-electron chi connectivity index (χ1n) is 6.99. The zero-order valence-electron chi connectivity index (χ0n) is 11.5. The number of hydrogen-bond donors (Lipinski definition) is 1. The summed E-state index contributed by atoms with van der Waals surface area (Å²) in [7, 11) is 0. The molecule has 0 fully saturated rings. The molecule has 0 atom stereocenters. The highest BCUT2D eigenvalue weighted by molar-refractivity contribution is 5.55. The SMILES string of the molecule is CCCCC[N+](O)(c1ccccc1)c1ccccc1. The van der Waals surface area contributed by atoms with Gasteiger partial charge in [-0.3, -0.25) is 0 Å². The Labute approximate surface area is 115 Å². The van der Waals surface area contributed by atoms with Gasteiger partial charge in [-0.1, -0.05) is 49.7 Å². The molecule has 0 spiro atoms. The third kappa shape index (κ3) is 3.22. The zero-order chi connectivity index (χ0) is 13.6. The van der Waals surface area contributed by atoms with Crippen molar-refractivity contribution in [3.63, 3.8) is 0 Å². The molecule has 0 amide bonds. The average molecular weight is 256 g/mol. The van der Waals surface area contributed by atoms with Gasteiger partial charge in [-0.15, -0.1) is 4.65 Å². The van der Waals surface area contributed by atoms with Crippen LogP contribution in [-0.2, 0) is 0 Å². The predicted octanol–water partition coefficient (Wildman–Crippen LogP) is 4.91. The molecule has 2 aromatic rings. The molecule has 2 heteroatoms. The van der Waals surface area contributed by atoms with Gasteiger partial charge in [0.25, 0.3) is 0 Å². The monoisotopic (exact) mass is 256 g/mol. The Morgan fingerprint density at radius 2 is 1.26 bits per heavy atom. The van der Waals surface area contributed by atoms with Crippen LogP contribution in [-0.4, -0.2) is 11.8 Å². The Morgan fingerprint density at radius 3 is 1.68 bits per heavy atom. The summed E-state index contributed by atoms with van der Waals surface area (Å²) in [5.41, 5.74) is 1.84. The number of hydroxylamine groups is 1. The van der Waals surface area contributed by atoms with Gasteiger partial charge in [0, 0.05) is 30.7 Å². The van der Waals surface area contributed by atoms with Gasteiger partial charge in [0.1, 0.15) is 6.54 Å². The van der Waals surface area contributed by atoms with Crippen molar-refractivity contribution in [2.75, 3.05) is 6.54 Å². The van der Waals surface area contributed by atoms with Crippen LogP contribution in [0.1, 0.15) is 26.2 Å². The van der Waals surface area contributed by atoms with Crippen LogP contribution in [0.25, 0.3) is 0 Å². The molecule has 0 heterocycles. The smallest absolute Gasteiger partial charge is 0.170 e. The standard InChI is InChI=1S/C17H22NO/c1-2-3-10-15-18(19,16-11-6-4-7-12-16)17-13-8-5-9-14-17/h4-9,11-14,19H,2-3,10,15H2,1H3/q+1. The van der Waals surface area contributed by atoms with Gasteiger partial charge in [0.2, 0.25) is 0 Å². The summed E-state index contributed by atoms with van der Waals surface area (Å²) in [5.74, 6) is 0. The molecule has 0 radical (unpaired) electrons. The van der Waals surface area contributed by atoms with Gasteiger partial charge in [-0.2, -0.15) is 0 Å². The molecule has 2 aromatic carbocycles. The largest absolute Gasteiger partial charge is 0.206 e. The fourth-order valence-corrected chi connectivity index (χ4v) is 2.35. The molecule has 0 aliphatic heterocycles. The van der Waals surface area contributed by atoms with E-state index >= 15 is 0 Å². The van der Waals surface area contributed by atoms with E-state index in [1.807, 2.05) is 60.7 Å². The van der Waals surface area contributed by atoms with Gasteiger partial charge in [0.05, 0.1) is 0 Å². The van der Waals surface area contributed by atoms with Crippen LogP contribution in [0.15, 0.2) is 60.7 Å². The summed E-state index contributed by atoms with van der Waals surface area (Å²) in [6.07, 6.45) is 3.31. The van der Waals surface area contributed by atoms with Crippen LogP contribution in [0.2, 0.25) is 0 Å². The average Bonchev–Trinajstić information content (AvgIpc) is 2.49. The minimum Gasteiger partial charge on any atom is -0.206 e. The molecule has 0 aliphatic carbocycles. The second-order valence-electron chi connectivity index (χ2n) is 4.87. The fraction of sp³-hybridized carbons (Fsp3) is 0.294. The minimum atomic E-state index is -0.109. The molecule has 2 rings (SSSR count). The Hall–Kier alpha value is -1.64. The van der Waals surface area contributed by atoms with Gasteiger partial charge in [-0.05, 0) is 6.42 Å². The van der Waals surface area contributed by atoms with E-state index in [0.29, 0.717) is 6.54 Å². The number of rotatable bonds is 6. The molecule has 0 aliphatic rings. The van der Waals surface area contributed by atoms with E-state index in [2.05, 4.69) is 6.92 Å². The molecule has 100 valence electrons. The van der Waals surface area contributed by atoms with E-state index in [-0.39, 0.29) is 4.65 Å².